The molecule has 1 atom stereocenters. The van der Waals surface area contributed by atoms with E-state index in [9.17, 15) is 13.2 Å². The molecule has 0 bridgehead atoms. The van der Waals surface area contributed by atoms with Crippen LogP contribution in [0.4, 0.5) is 13.2 Å². The van der Waals surface area contributed by atoms with Crippen molar-refractivity contribution in [1.29, 1.82) is 0 Å². The van der Waals surface area contributed by atoms with E-state index < -0.39 is 12.3 Å². The predicted octanol–water partition coefficient (Wildman–Crippen LogP) is 2.76. The van der Waals surface area contributed by atoms with E-state index in [0.29, 0.717) is 23.4 Å². The van der Waals surface area contributed by atoms with Gasteiger partial charge < -0.3 is 5.32 Å². The Morgan fingerprint density at radius 1 is 1.22 bits per heavy atom. The quantitative estimate of drug-likeness (QED) is 0.839. The van der Waals surface area contributed by atoms with Crippen LogP contribution in [0.15, 0.2) is 30.3 Å². The normalized spacial score (nSPS) is 21.2. The fraction of sp³-hybridized carbons (Fsp3) is 0.538. The second-order valence-corrected chi connectivity index (χ2v) is 4.58. The zero-order chi connectivity index (χ0) is 13.0. The monoisotopic (exact) mass is 258 g/mol. The summed E-state index contributed by atoms with van der Waals surface area (Å²) in [6, 6.07) is 8.35. The van der Waals surface area contributed by atoms with Crippen LogP contribution in [0.5, 0.6) is 0 Å². The van der Waals surface area contributed by atoms with Gasteiger partial charge in [0.15, 0.2) is 0 Å². The van der Waals surface area contributed by atoms with Gasteiger partial charge in [-0.05, 0) is 24.9 Å². The van der Waals surface area contributed by atoms with Crippen molar-refractivity contribution in [2.24, 2.45) is 0 Å². The van der Waals surface area contributed by atoms with E-state index in [2.05, 4.69) is 5.32 Å². The standard InChI is InChI=1S/C13H17F3N2/c14-13(15,16)18(12-7-4-8-17-9-12)10-11-5-2-1-3-6-11/h1-3,5-6,12,17H,4,7-10H2/t12-/m0/s1. The average Bonchev–Trinajstić information content (AvgIpc) is 2.37. The molecule has 1 heterocycles. The van der Waals surface area contributed by atoms with Crippen molar-refractivity contribution in [1.82, 2.24) is 10.2 Å². The summed E-state index contributed by atoms with van der Waals surface area (Å²) in [5, 5.41) is 3.03. The molecule has 2 nitrogen and oxygen atoms in total. The maximum atomic E-state index is 13.1. The largest absolute Gasteiger partial charge is 0.460 e. The SMILES string of the molecule is FC(F)(F)N(Cc1ccccc1)[C@H]1CCCNC1. The van der Waals surface area contributed by atoms with Gasteiger partial charge in [0.2, 0.25) is 0 Å². The maximum absolute atomic E-state index is 13.1. The highest BCUT2D eigenvalue weighted by Crippen LogP contribution is 2.28. The molecule has 0 aliphatic carbocycles. The number of rotatable bonds is 3. The molecule has 1 aromatic carbocycles. The lowest BCUT2D eigenvalue weighted by Gasteiger charge is -2.35. The van der Waals surface area contributed by atoms with Gasteiger partial charge in [-0.1, -0.05) is 30.3 Å². The van der Waals surface area contributed by atoms with Crippen LogP contribution in [0, 0.1) is 0 Å². The summed E-state index contributed by atoms with van der Waals surface area (Å²) < 4.78 is 39.3. The van der Waals surface area contributed by atoms with Gasteiger partial charge in [0.05, 0.1) is 0 Å². The molecular formula is C13H17F3N2. The Morgan fingerprint density at radius 2 is 1.94 bits per heavy atom. The molecule has 18 heavy (non-hydrogen) atoms. The topological polar surface area (TPSA) is 15.3 Å². The van der Waals surface area contributed by atoms with Gasteiger partial charge in [0.1, 0.15) is 0 Å². The third kappa shape index (κ3) is 3.46. The van der Waals surface area contributed by atoms with E-state index in [0.717, 1.165) is 13.0 Å². The predicted molar refractivity (Wildman–Crippen MR) is 63.9 cm³/mol. The Labute approximate surface area is 105 Å². The van der Waals surface area contributed by atoms with Crippen LogP contribution in [0.3, 0.4) is 0 Å². The van der Waals surface area contributed by atoms with Crippen molar-refractivity contribution in [3.05, 3.63) is 35.9 Å². The number of benzene rings is 1. The minimum absolute atomic E-state index is 0.0727. The third-order valence-electron chi connectivity index (χ3n) is 3.23. The fourth-order valence-corrected chi connectivity index (χ4v) is 2.31. The smallest absolute Gasteiger partial charge is 0.315 e. The van der Waals surface area contributed by atoms with Crippen molar-refractivity contribution in [3.63, 3.8) is 0 Å². The highest BCUT2D eigenvalue weighted by atomic mass is 19.4. The molecule has 1 aliphatic heterocycles. The lowest BCUT2D eigenvalue weighted by atomic mass is 10.1. The van der Waals surface area contributed by atoms with Crippen molar-refractivity contribution in [2.45, 2.75) is 31.7 Å². The molecule has 2 rings (SSSR count). The van der Waals surface area contributed by atoms with Crippen LogP contribution in [-0.2, 0) is 6.54 Å². The molecule has 5 heteroatoms. The van der Waals surface area contributed by atoms with E-state index in [1.165, 1.54) is 0 Å². The molecule has 1 aromatic rings. The molecule has 1 saturated heterocycles. The number of nitrogens with one attached hydrogen (secondary N) is 1. The third-order valence-corrected chi connectivity index (χ3v) is 3.23. The van der Waals surface area contributed by atoms with Crippen LogP contribution < -0.4 is 5.32 Å². The molecule has 0 spiro atoms. The minimum atomic E-state index is -4.28. The first kappa shape index (κ1) is 13.4. The zero-order valence-electron chi connectivity index (χ0n) is 10.1. The summed E-state index contributed by atoms with van der Waals surface area (Å²) in [7, 11) is 0. The second kappa shape index (κ2) is 5.71. The fourth-order valence-electron chi connectivity index (χ4n) is 2.31. The first-order valence-electron chi connectivity index (χ1n) is 6.15. The summed E-state index contributed by atoms with van der Waals surface area (Å²) in [6.45, 7) is 1.15. The minimum Gasteiger partial charge on any atom is -0.315 e. The lowest BCUT2D eigenvalue weighted by molar-refractivity contribution is -0.263. The Bertz CT molecular complexity index is 358. The van der Waals surface area contributed by atoms with Gasteiger partial charge in [0.25, 0.3) is 0 Å². The first-order valence-corrected chi connectivity index (χ1v) is 6.15. The van der Waals surface area contributed by atoms with E-state index in [1.807, 2.05) is 6.07 Å². The molecule has 0 unspecified atom stereocenters. The average molecular weight is 258 g/mol. The number of hydrogen-bond acceptors (Lipinski definition) is 2. The van der Waals surface area contributed by atoms with Crippen LogP contribution in [0.2, 0.25) is 0 Å². The molecular weight excluding hydrogens is 241 g/mol. The number of halogens is 3. The van der Waals surface area contributed by atoms with Crippen molar-refractivity contribution in [3.8, 4) is 0 Å². The summed E-state index contributed by atoms with van der Waals surface area (Å²) in [4.78, 5) is 0.647. The van der Waals surface area contributed by atoms with E-state index >= 15 is 0 Å². The first-order chi connectivity index (χ1) is 8.57. The van der Waals surface area contributed by atoms with E-state index in [-0.39, 0.29) is 6.54 Å². The van der Waals surface area contributed by atoms with Crippen molar-refractivity contribution in [2.75, 3.05) is 13.1 Å². The summed E-state index contributed by atoms with van der Waals surface area (Å²) >= 11 is 0. The Hall–Kier alpha value is -1.07. The van der Waals surface area contributed by atoms with E-state index in [4.69, 9.17) is 0 Å². The van der Waals surface area contributed by atoms with Gasteiger partial charge in [-0.15, -0.1) is 0 Å². The van der Waals surface area contributed by atoms with Crippen molar-refractivity contribution < 1.29 is 13.2 Å². The van der Waals surface area contributed by atoms with Gasteiger partial charge in [0, 0.05) is 19.1 Å². The molecule has 1 aliphatic rings. The number of hydrogen-bond donors (Lipinski definition) is 1. The van der Waals surface area contributed by atoms with Crippen LogP contribution in [-0.4, -0.2) is 30.3 Å². The molecule has 0 amide bonds. The second-order valence-electron chi connectivity index (χ2n) is 4.58. The highest BCUT2D eigenvalue weighted by Gasteiger charge is 2.41. The zero-order valence-corrected chi connectivity index (χ0v) is 10.1. The van der Waals surface area contributed by atoms with E-state index in [1.54, 1.807) is 24.3 Å². The van der Waals surface area contributed by atoms with Gasteiger partial charge in [-0.2, -0.15) is 13.2 Å². The summed E-state index contributed by atoms with van der Waals surface area (Å²) in [5.74, 6) is 0. The van der Waals surface area contributed by atoms with Crippen molar-refractivity contribution >= 4 is 0 Å². The van der Waals surface area contributed by atoms with Gasteiger partial charge >= 0.3 is 6.30 Å². The Morgan fingerprint density at radius 3 is 2.50 bits per heavy atom. The van der Waals surface area contributed by atoms with Crippen LogP contribution in [0.1, 0.15) is 18.4 Å². The molecule has 1 N–H and O–H groups in total. The highest BCUT2D eigenvalue weighted by molar-refractivity contribution is 5.14. The van der Waals surface area contributed by atoms with Crippen LogP contribution in [0.25, 0.3) is 0 Å². The molecule has 1 fully saturated rings. The molecule has 100 valence electrons. The number of nitrogens with zero attached hydrogens (tertiary/aromatic N) is 1. The Kier molecular flexibility index (Phi) is 4.24. The van der Waals surface area contributed by atoms with Crippen LogP contribution >= 0.6 is 0 Å². The maximum Gasteiger partial charge on any atom is 0.460 e. The molecule has 0 saturated carbocycles. The Balaban J connectivity index is 2.10. The van der Waals surface area contributed by atoms with Gasteiger partial charge in [-0.3, -0.25) is 0 Å². The number of piperidine rings is 1. The summed E-state index contributed by atoms with van der Waals surface area (Å²) in [6.07, 6.45) is -2.88. The van der Waals surface area contributed by atoms with Gasteiger partial charge in [-0.25, -0.2) is 4.90 Å². The molecule has 0 radical (unpaired) electrons. The number of alkyl halides is 3. The summed E-state index contributed by atoms with van der Waals surface area (Å²) in [5.41, 5.74) is 0.695. The lowest BCUT2D eigenvalue weighted by Crippen LogP contribution is -2.51. The molecule has 0 aromatic heterocycles.